The van der Waals surface area contributed by atoms with E-state index in [1.165, 1.54) is 29.6 Å². The summed E-state index contributed by atoms with van der Waals surface area (Å²) in [7, 11) is -3.48. The third kappa shape index (κ3) is 5.92. The lowest BCUT2D eigenvalue weighted by atomic mass is 10.1. The van der Waals surface area contributed by atoms with E-state index >= 15 is 0 Å². The molecule has 2 aromatic rings. The molecule has 1 saturated heterocycles. The van der Waals surface area contributed by atoms with Gasteiger partial charge < -0.3 is 10.2 Å². The normalized spacial score (nSPS) is 14.9. The van der Waals surface area contributed by atoms with E-state index in [9.17, 15) is 13.2 Å². The summed E-state index contributed by atoms with van der Waals surface area (Å²) in [5.74, 6) is 0.203. The van der Waals surface area contributed by atoms with Crippen molar-refractivity contribution in [3.8, 4) is 0 Å². The molecule has 3 rings (SSSR count). The number of hydrogen-bond donors (Lipinski definition) is 1. The molecule has 0 atom stereocenters. The van der Waals surface area contributed by atoms with E-state index in [4.69, 9.17) is 0 Å². The highest BCUT2D eigenvalue weighted by Gasteiger charge is 2.21. The smallest absolute Gasteiger partial charge is 0.249 e. The van der Waals surface area contributed by atoms with Crippen LogP contribution >= 0.6 is 0 Å². The predicted molar refractivity (Wildman–Crippen MR) is 125 cm³/mol. The van der Waals surface area contributed by atoms with Crippen molar-refractivity contribution >= 4 is 33.5 Å². The number of carbonyl (C=O) groups is 1. The van der Waals surface area contributed by atoms with Crippen molar-refractivity contribution in [2.24, 2.45) is 0 Å². The van der Waals surface area contributed by atoms with Crippen molar-refractivity contribution in [1.82, 2.24) is 9.29 Å². The van der Waals surface area contributed by atoms with E-state index in [1.807, 2.05) is 26.0 Å². The molecule has 0 saturated carbocycles. The van der Waals surface area contributed by atoms with Crippen molar-refractivity contribution in [2.75, 3.05) is 36.4 Å². The Bertz CT molecular complexity index is 992. The zero-order valence-corrected chi connectivity index (χ0v) is 18.9. The first-order chi connectivity index (χ1) is 14.9. The lowest BCUT2D eigenvalue weighted by Crippen LogP contribution is -2.30. The van der Waals surface area contributed by atoms with Crippen LogP contribution in [0.15, 0.2) is 53.6 Å². The van der Waals surface area contributed by atoms with Gasteiger partial charge in [0.1, 0.15) is 5.82 Å². The van der Waals surface area contributed by atoms with Gasteiger partial charge in [0.15, 0.2) is 0 Å². The van der Waals surface area contributed by atoms with Crippen molar-refractivity contribution in [3.05, 3.63) is 54.2 Å². The highest BCUT2D eigenvalue weighted by molar-refractivity contribution is 7.89. The van der Waals surface area contributed by atoms with Gasteiger partial charge in [-0.1, -0.05) is 26.0 Å². The van der Waals surface area contributed by atoms with Crippen molar-refractivity contribution < 1.29 is 13.2 Å². The molecule has 1 aliphatic rings. The molecule has 0 unspecified atom stereocenters. The molecular formula is C23H30N4O3S. The largest absolute Gasteiger partial charge is 0.370 e. The van der Waals surface area contributed by atoms with Crippen LogP contribution in [0.4, 0.5) is 11.5 Å². The fraction of sp³-hybridized carbons (Fsp3) is 0.391. The molecule has 1 amide bonds. The van der Waals surface area contributed by atoms with Crippen LogP contribution in [0.1, 0.15) is 38.7 Å². The number of benzene rings is 1. The maximum absolute atomic E-state index is 12.5. The Morgan fingerprint density at radius 3 is 2.32 bits per heavy atom. The van der Waals surface area contributed by atoms with Crippen molar-refractivity contribution in [1.29, 1.82) is 0 Å². The fourth-order valence-electron chi connectivity index (χ4n) is 3.60. The molecule has 0 radical (unpaired) electrons. The minimum absolute atomic E-state index is 0.246. The second-order valence-corrected chi connectivity index (χ2v) is 9.37. The Labute approximate surface area is 184 Å². The zero-order valence-electron chi connectivity index (χ0n) is 18.1. The first-order valence-electron chi connectivity index (χ1n) is 10.7. The SMILES string of the molecule is CCN(CC)S(=O)(=O)c1ccc(/C=C/C(=O)Nc2ccc(N3CCCCC3)cn2)cc1. The zero-order chi connectivity index (χ0) is 22.3. The van der Waals surface area contributed by atoms with Gasteiger partial charge in [-0.25, -0.2) is 13.4 Å². The molecule has 2 heterocycles. The minimum atomic E-state index is -3.48. The summed E-state index contributed by atoms with van der Waals surface area (Å²) in [6, 6.07) is 10.3. The summed E-state index contributed by atoms with van der Waals surface area (Å²) in [5.41, 5.74) is 1.81. The lowest BCUT2D eigenvalue weighted by molar-refractivity contribution is -0.111. The number of nitrogens with zero attached hydrogens (tertiary/aromatic N) is 3. The monoisotopic (exact) mass is 442 g/mol. The van der Waals surface area contributed by atoms with Crippen LogP contribution in [0.5, 0.6) is 0 Å². The summed E-state index contributed by atoms with van der Waals surface area (Å²) in [4.78, 5) is 19.1. The van der Waals surface area contributed by atoms with Crippen LogP contribution in [0, 0.1) is 0 Å². The van der Waals surface area contributed by atoms with E-state index in [0.29, 0.717) is 18.9 Å². The second-order valence-electron chi connectivity index (χ2n) is 7.43. The fourth-order valence-corrected chi connectivity index (χ4v) is 5.06. The lowest BCUT2D eigenvalue weighted by Gasteiger charge is -2.28. The summed E-state index contributed by atoms with van der Waals surface area (Å²) < 4.78 is 26.5. The number of nitrogens with one attached hydrogen (secondary N) is 1. The van der Waals surface area contributed by atoms with Gasteiger partial charge in [0.25, 0.3) is 0 Å². The third-order valence-electron chi connectivity index (χ3n) is 5.37. The van der Waals surface area contributed by atoms with Crippen LogP contribution < -0.4 is 10.2 Å². The van der Waals surface area contributed by atoms with Crippen LogP contribution in [0.3, 0.4) is 0 Å². The molecule has 1 fully saturated rings. The minimum Gasteiger partial charge on any atom is -0.370 e. The molecule has 8 heteroatoms. The van der Waals surface area contributed by atoms with Crippen molar-refractivity contribution in [3.63, 3.8) is 0 Å². The van der Waals surface area contributed by atoms with Crippen LogP contribution in [0.2, 0.25) is 0 Å². The van der Waals surface area contributed by atoms with Gasteiger partial charge in [0.2, 0.25) is 15.9 Å². The topological polar surface area (TPSA) is 82.6 Å². The van der Waals surface area contributed by atoms with E-state index in [1.54, 1.807) is 36.5 Å². The molecule has 1 aromatic carbocycles. The summed E-state index contributed by atoms with van der Waals surface area (Å²) in [5, 5.41) is 2.75. The first kappa shape index (κ1) is 23.0. The van der Waals surface area contributed by atoms with E-state index in [0.717, 1.165) is 24.3 Å². The summed E-state index contributed by atoms with van der Waals surface area (Å²) in [6.45, 7) is 6.57. The maximum atomic E-state index is 12.5. The molecule has 0 bridgehead atoms. The predicted octanol–water partition coefficient (Wildman–Crippen LogP) is 3.75. The van der Waals surface area contributed by atoms with Crippen LogP contribution in [-0.4, -0.2) is 49.8 Å². The molecule has 7 nitrogen and oxygen atoms in total. The van der Waals surface area contributed by atoms with Gasteiger partial charge >= 0.3 is 0 Å². The van der Waals surface area contributed by atoms with Gasteiger partial charge in [-0.3, -0.25) is 4.79 Å². The second kappa shape index (κ2) is 10.5. The number of rotatable bonds is 8. The van der Waals surface area contributed by atoms with Crippen molar-refractivity contribution in [2.45, 2.75) is 38.0 Å². The number of aromatic nitrogens is 1. The number of amides is 1. The van der Waals surface area contributed by atoms with E-state index in [-0.39, 0.29) is 10.8 Å². The summed E-state index contributed by atoms with van der Waals surface area (Å²) >= 11 is 0. The molecule has 1 aromatic heterocycles. The highest BCUT2D eigenvalue weighted by Crippen LogP contribution is 2.20. The van der Waals surface area contributed by atoms with Crippen LogP contribution in [-0.2, 0) is 14.8 Å². The summed E-state index contributed by atoms with van der Waals surface area (Å²) in [6.07, 6.45) is 8.52. The quantitative estimate of drug-likeness (QED) is 0.630. The van der Waals surface area contributed by atoms with E-state index < -0.39 is 10.0 Å². The molecule has 1 N–H and O–H groups in total. The Morgan fingerprint density at radius 2 is 1.74 bits per heavy atom. The first-order valence-corrected chi connectivity index (χ1v) is 12.2. The maximum Gasteiger partial charge on any atom is 0.249 e. The number of pyridine rings is 1. The number of hydrogen-bond acceptors (Lipinski definition) is 5. The Hall–Kier alpha value is -2.71. The standard InChI is InChI=1S/C23H30N4O3S/c1-3-27(4-2)31(29,30)21-12-8-19(9-13-21)10-15-23(28)25-22-14-11-20(18-24-22)26-16-6-5-7-17-26/h8-15,18H,3-7,16-17H2,1-2H3,(H,24,25,28)/b15-10+. The Morgan fingerprint density at radius 1 is 1.06 bits per heavy atom. The van der Waals surface area contributed by atoms with Gasteiger partial charge in [0.05, 0.1) is 16.8 Å². The third-order valence-corrected chi connectivity index (χ3v) is 7.43. The molecule has 31 heavy (non-hydrogen) atoms. The average Bonchev–Trinajstić information content (AvgIpc) is 2.80. The van der Waals surface area contributed by atoms with Gasteiger partial charge in [-0.2, -0.15) is 4.31 Å². The number of sulfonamides is 1. The molecular weight excluding hydrogens is 412 g/mol. The highest BCUT2D eigenvalue weighted by atomic mass is 32.2. The Kier molecular flexibility index (Phi) is 7.81. The number of anilines is 2. The van der Waals surface area contributed by atoms with Crippen LogP contribution in [0.25, 0.3) is 6.08 Å². The average molecular weight is 443 g/mol. The number of carbonyl (C=O) groups excluding carboxylic acids is 1. The molecule has 1 aliphatic heterocycles. The van der Waals surface area contributed by atoms with Gasteiger partial charge in [-0.05, 0) is 55.2 Å². The molecule has 0 spiro atoms. The molecule has 0 aliphatic carbocycles. The van der Waals surface area contributed by atoms with E-state index in [2.05, 4.69) is 15.2 Å². The Balaban J connectivity index is 1.58. The molecule has 166 valence electrons. The van der Waals surface area contributed by atoms with Gasteiger partial charge in [-0.15, -0.1) is 0 Å². The number of piperidine rings is 1. The van der Waals surface area contributed by atoms with Gasteiger partial charge in [0, 0.05) is 32.3 Å².